The summed E-state index contributed by atoms with van der Waals surface area (Å²) in [7, 11) is 1.66. The summed E-state index contributed by atoms with van der Waals surface area (Å²) in [5.41, 5.74) is 6.69. The molecular formula is C14H21FN2O. The first-order chi connectivity index (χ1) is 8.74. The van der Waals surface area contributed by atoms with Gasteiger partial charge in [-0.25, -0.2) is 4.39 Å². The summed E-state index contributed by atoms with van der Waals surface area (Å²) >= 11 is 0. The number of aromatic nitrogens is 1. The van der Waals surface area contributed by atoms with Gasteiger partial charge in [0.1, 0.15) is 5.82 Å². The number of pyridine rings is 1. The van der Waals surface area contributed by atoms with Crippen molar-refractivity contribution in [3.05, 3.63) is 29.8 Å². The molecule has 2 rings (SSSR count). The van der Waals surface area contributed by atoms with E-state index in [9.17, 15) is 4.39 Å². The molecule has 1 saturated carbocycles. The Morgan fingerprint density at radius 1 is 1.39 bits per heavy atom. The van der Waals surface area contributed by atoms with Gasteiger partial charge in [0, 0.05) is 18.9 Å². The van der Waals surface area contributed by atoms with E-state index in [0.717, 1.165) is 12.8 Å². The van der Waals surface area contributed by atoms with E-state index < -0.39 is 6.04 Å². The van der Waals surface area contributed by atoms with Crippen LogP contribution in [0.15, 0.2) is 18.5 Å². The van der Waals surface area contributed by atoms with Gasteiger partial charge in [-0.15, -0.1) is 0 Å². The largest absolute Gasteiger partial charge is 0.379 e. The highest BCUT2D eigenvalue weighted by atomic mass is 19.1. The van der Waals surface area contributed by atoms with Crippen molar-refractivity contribution >= 4 is 0 Å². The van der Waals surface area contributed by atoms with Gasteiger partial charge in [0.05, 0.1) is 18.3 Å². The van der Waals surface area contributed by atoms with Crippen molar-refractivity contribution in [1.82, 2.24) is 4.98 Å². The summed E-state index contributed by atoms with van der Waals surface area (Å²) in [5, 5.41) is 0. The Morgan fingerprint density at radius 3 is 2.72 bits per heavy atom. The first-order valence-corrected chi connectivity index (χ1v) is 6.62. The van der Waals surface area contributed by atoms with Gasteiger partial charge in [0.15, 0.2) is 0 Å². The third-order valence-electron chi connectivity index (χ3n) is 3.90. The fourth-order valence-corrected chi connectivity index (χ4v) is 2.93. The Hall–Kier alpha value is -1.00. The van der Waals surface area contributed by atoms with Crippen LogP contribution in [0, 0.1) is 11.7 Å². The maximum atomic E-state index is 13.7. The van der Waals surface area contributed by atoms with Crippen LogP contribution in [0.2, 0.25) is 0 Å². The minimum Gasteiger partial charge on any atom is -0.379 e. The van der Waals surface area contributed by atoms with Crippen molar-refractivity contribution in [3.63, 3.8) is 0 Å². The van der Waals surface area contributed by atoms with Crippen LogP contribution in [-0.4, -0.2) is 18.2 Å². The third-order valence-corrected chi connectivity index (χ3v) is 3.90. The van der Waals surface area contributed by atoms with Crippen molar-refractivity contribution in [2.45, 2.75) is 44.2 Å². The molecule has 0 radical (unpaired) electrons. The van der Waals surface area contributed by atoms with Crippen molar-refractivity contribution in [1.29, 1.82) is 0 Å². The highest BCUT2D eigenvalue weighted by Crippen LogP contribution is 2.33. The Kier molecular flexibility index (Phi) is 4.66. The molecular weight excluding hydrogens is 231 g/mol. The second-order valence-electron chi connectivity index (χ2n) is 5.02. The number of hydrogen-bond acceptors (Lipinski definition) is 3. The summed E-state index contributed by atoms with van der Waals surface area (Å²) in [4.78, 5) is 3.75. The van der Waals surface area contributed by atoms with Crippen molar-refractivity contribution in [2.24, 2.45) is 11.7 Å². The highest BCUT2D eigenvalue weighted by Gasteiger charge is 2.30. The van der Waals surface area contributed by atoms with E-state index in [1.165, 1.54) is 25.5 Å². The number of nitrogens with two attached hydrogens (primary N) is 1. The SMILES string of the molecule is COC(C1CCCCC1)C(N)c1ccncc1F. The molecule has 0 saturated heterocycles. The maximum Gasteiger partial charge on any atom is 0.146 e. The predicted octanol–water partition coefficient (Wildman–Crippen LogP) is 2.82. The number of halogens is 1. The molecule has 1 aromatic heterocycles. The fourth-order valence-electron chi connectivity index (χ4n) is 2.93. The van der Waals surface area contributed by atoms with Crippen molar-refractivity contribution < 1.29 is 9.13 Å². The second-order valence-corrected chi connectivity index (χ2v) is 5.02. The average molecular weight is 252 g/mol. The van der Waals surface area contributed by atoms with Gasteiger partial charge in [-0.05, 0) is 24.8 Å². The quantitative estimate of drug-likeness (QED) is 0.896. The van der Waals surface area contributed by atoms with E-state index in [1.807, 2.05) is 0 Å². The molecule has 0 amide bonds. The van der Waals surface area contributed by atoms with Crippen molar-refractivity contribution in [2.75, 3.05) is 7.11 Å². The smallest absolute Gasteiger partial charge is 0.146 e. The van der Waals surface area contributed by atoms with Gasteiger partial charge in [-0.1, -0.05) is 19.3 Å². The average Bonchev–Trinajstić information content (AvgIpc) is 2.41. The zero-order valence-electron chi connectivity index (χ0n) is 10.8. The molecule has 4 heteroatoms. The molecule has 0 aromatic carbocycles. The molecule has 18 heavy (non-hydrogen) atoms. The lowest BCUT2D eigenvalue weighted by Gasteiger charge is -2.33. The van der Waals surface area contributed by atoms with Gasteiger partial charge in [0.2, 0.25) is 0 Å². The molecule has 0 bridgehead atoms. The van der Waals surface area contributed by atoms with Gasteiger partial charge < -0.3 is 10.5 Å². The van der Waals surface area contributed by atoms with Crippen LogP contribution in [0.25, 0.3) is 0 Å². The van der Waals surface area contributed by atoms with Crippen LogP contribution in [-0.2, 0) is 4.74 Å². The number of methoxy groups -OCH3 is 1. The van der Waals surface area contributed by atoms with Crippen LogP contribution in [0.4, 0.5) is 4.39 Å². The maximum absolute atomic E-state index is 13.7. The molecule has 100 valence electrons. The summed E-state index contributed by atoms with van der Waals surface area (Å²) < 4.78 is 19.3. The van der Waals surface area contributed by atoms with E-state index in [-0.39, 0.29) is 11.9 Å². The van der Waals surface area contributed by atoms with Gasteiger partial charge in [-0.3, -0.25) is 4.98 Å². The van der Waals surface area contributed by atoms with E-state index in [4.69, 9.17) is 10.5 Å². The lowest BCUT2D eigenvalue weighted by Crippen LogP contribution is -2.36. The summed E-state index contributed by atoms with van der Waals surface area (Å²) in [5.74, 6) is 0.0918. The third kappa shape index (κ3) is 2.87. The van der Waals surface area contributed by atoms with E-state index in [2.05, 4.69) is 4.98 Å². The van der Waals surface area contributed by atoms with Crippen LogP contribution in [0.5, 0.6) is 0 Å². The monoisotopic (exact) mass is 252 g/mol. The molecule has 1 fully saturated rings. The van der Waals surface area contributed by atoms with Crippen molar-refractivity contribution in [3.8, 4) is 0 Å². The number of rotatable bonds is 4. The second kappa shape index (κ2) is 6.25. The Bertz CT molecular complexity index is 380. The Balaban J connectivity index is 2.14. The molecule has 1 aliphatic rings. The summed E-state index contributed by atoms with van der Waals surface area (Å²) in [6.07, 6.45) is 8.65. The minimum absolute atomic E-state index is 0.109. The molecule has 1 aromatic rings. The highest BCUT2D eigenvalue weighted by molar-refractivity contribution is 5.18. The van der Waals surface area contributed by atoms with Crippen LogP contribution >= 0.6 is 0 Å². The molecule has 2 N–H and O–H groups in total. The molecule has 3 nitrogen and oxygen atoms in total. The van der Waals surface area contributed by atoms with Crippen LogP contribution in [0.3, 0.4) is 0 Å². The standard InChI is InChI=1S/C14H21FN2O/c1-18-14(10-5-3-2-4-6-10)13(16)11-7-8-17-9-12(11)15/h7-10,13-14H,2-6,16H2,1H3. The van der Waals surface area contributed by atoms with E-state index in [0.29, 0.717) is 11.5 Å². The van der Waals surface area contributed by atoms with Crippen LogP contribution < -0.4 is 5.73 Å². The topological polar surface area (TPSA) is 48.1 Å². The number of nitrogens with zero attached hydrogens (tertiary/aromatic N) is 1. The summed E-state index contributed by atoms with van der Waals surface area (Å²) in [6, 6.07) is 1.23. The van der Waals surface area contributed by atoms with E-state index in [1.54, 1.807) is 19.4 Å². The van der Waals surface area contributed by atoms with Crippen LogP contribution in [0.1, 0.15) is 43.7 Å². The number of ether oxygens (including phenoxy) is 1. The summed E-state index contributed by atoms with van der Waals surface area (Å²) in [6.45, 7) is 0. The van der Waals surface area contributed by atoms with E-state index >= 15 is 0 Å². The zero-order chi connectivity index (χ0) is 13.0. The molecule has 1 aliphatic carbocycles. The molecule has 2 atom stereocenters. The minimum atomic E-state index is -0.416. The number of hydrogen-bond donors (Lipinski definition) is 1. The lowest BCUT2D eigenvalue weighted by molar-refractivity contribution is 0.0165. The van der Waals surface area contributed by atoms with Gasteiger partial charge in [0.25, 0.3) is 0 Å². The van der Waals surface area contributed by atoms with Gasteiger partial charge >= 0.3 is 0 Å². The Morgan fingerprint density at radius 2 is 2.11 bits per heavy atom. The first kappa shape index (κ1) is 13.4. The Labute approximate surface area is 108 Å². The fraction of sp³-hybridized carbons (Fsp3) is 0.643. The first-order valence-electron chi connectivity index (χ1n) is 6.62. The lowest BCUT2D eigenvalue weighted by atomic mass is 9.81. The molecule has 0 aliphatic heterocycles. The molecule has 0 spiro atoms. The van der Waals surface area contributed by atoms with Gasteiger partial charge in [-0.2, -0.15) is 0 Å². The predicted molar refractivity (Wildman–Crippen MR) is 68.5 cm³/mol. The zero-order valence-corrected chi connectivity index (χ0v) is 10.8. The molecule has 1 heterocycles. The normalized spacial score (nSPS) is 20.6. The molecule has 2 unspecified atom stereocenters.